The third-order valence-corrected chi connectivity index (χ3v) is 6.08. The van der Waals surface area contributed by atoms with Gasteiger partial charge < -0.3 is 15.2 Å². The second-order valence-corrected chi connectivity index (χ2v) is 8.38. The number of carbonyl (C=O) groups excluding carboxylic acids is 1. The number of carbonyl (C=O) groups is 1. The van der Waals surface area contributed by atoms with Crippen LogP contribution in [0.15, 0.2) is 24.3 Å². The van der Waals surface area contributed by atoms with E-state index in [9.17, 15) is 4.79 Å². The van der Waals surface area contributed by atoms with Gasteiger partial charge in [-0.15, -0.1) is 11.8 Å². The van der Waals surface area contributed by atoms with Gasteiger partial charge in [-0.05, 0) is 58.0 Å². The molecule has 0 radical (unpaired) electrons. The Morgan fingerprint density at radius 2 is 2.04 bits per heavy atom. The van der Waals surface area contributed by atoms with Crippen LogP contribution in [0.4, 0.5) is 0 Å². The monoisotopic (exact) mass is 374 g/mol. The molecule has 1 saturated heterocycles. The van der Waals surface area contributed by atoms with E-state index in [4.69, 9.17) is 0 Å². The molecule has 142 valence electrons. The minimum atomic E-state index is 0.119. The van der Waals surface area contributed by atoms with Crippen molar-refractivity contribution in [1.29, 1.82) is 0 Å². The van der Waals surface area contributed by atoms with E-state index in [2.05, 4.69) is 27.1 Å². The summed E-state index contributed by atoms with van der Waals surface area (Å²) in [6.07, 6.45) is 6.42. The average Bonchev–Trinajstić information content (AvgIpc) is 2.92. The number of hydrogen-bond acceptors (Lipinski definition) is 4. The standard InChI is InChI=1S/C20H30N4OS/c1-16(20-22-17-9-4-5-10-18(17)23-20)26-15-19(25)21-11-8-14-24-12-6-2-3-7-13-24/h4-5,9-10,16H,2-3,6-8,11-15H2,1H3,(H,21,25)(H,22,23). The molecule has 1 aliphatic heterocycles. The zero-order valence-electron chi connectivity index (χ0n) is 15.7. The van der Waals surface area contributed by atoms with Gasteiger partial charge in [0.1, 0.15) is 5.82 Å². The maximum Gasteiger partial charge on any atom is 0.230 e. The quantitative estimate of drug-likeness (QED) is 0.691. The molecule has 2 aromatic rings. The summed E-state index contributed by atoms with van der Waals surface area (Å²) < 4.78 is 0. The van der Waals surface area contributed by atoms with Crippen molar-refractivity contribution < 1.29 is 4.79 Å². The van der Waals surface area contributed by atoms with Crippen LogP contribution in [-0.4, -0.2) is 52.7 Å². The molecule has 1 aromatic heterocycles. The lowest BCUT2D eigenvalue weighted by Gasteiger charge is -2.19. The predicted molar refractivity (Wildman–Crippen MR) is 110 cm³/mol. The second kappa shape index (κ2) is 9.97. The first-order chi connectivity index (χ1) is 12.7. The van der Waals surface area contributed by atoms with E-state index in [-0.39, 0.29) is 11.2 Å². The Kier molecular flexibility index (Phi) is 7.38. The number of hydrogen-bond donors (Lipinski definition) is 2. The molecule has 0 spiro atoms. The summed E-state index contributed by atoms with van der Waals surface area (Å²) >= 11 is 1.63. The van der Waals surface area contributed by atoms with Gasteiger partial charge in [-0.3, -0.25) is 4.79 Å². The van der Waals surface area contributed by atoms with Crippen LogP contribution < -0.4 is 5.32 Å². The predicted octanol–water partition coefficient (Wildman–Crippen LogP) is 3.74. The number of nitrogens with one attached hydrogen (secondary N) is 2. The third-order valence-electron chi connectivity index (χ3n) is 4.93. The molecule has 1 amide bonds. The zero-order valence-corrected chi connectivity index (χ0v) is 16.5. The van der Waals surface area contributed by atoms with Gasteiger partial charge in [0, 0.05) is 6.54 Å². The number of fused-ring (bicyclic) bond motifs is 1. The lowest BCUT2D eigenvalue weighted by atomic mass is 10.2. The van der Waals surface area contributed by atoms with Gasteiger partial charge >= 0.3 is 0 Å². The molecule has 1 fully saturated rings. The maximum atomic E-state index is 12.1. The number of benzene rings is 1. The second-order valence-electron chi connectivity index (χ2n) is 7.05. The first-order valence-electron chi connectivity index (χ1n) is 9.77. The van der Waals surface area contributed by atoms with Crippen molar-refractivity contribution in [3.63, 3.8) is 0 Å². The lowest BCUT2D eigenvalue weighted by Crippen LogP contribution is -2.31. The molecule has 1 atom stereocenters. The van der Waals surface area contributed by atoms with Crippen LogP contribution in [0, 0.1) is 0 Å². The van der Waals surface area contributed by atoms with Crippen molar-refractivity contribution in [2.24, 2.45) is 0 Å². The summed E-state index contributed by atoms with van der Waals surface area (Å²) in [6, 6.07) is 8.02. The van der Waals surface area contributed by atoms with Crippen molar-refractivity contribution in [3.8, 4) is 0 Å². The van der Waals surface area contributed by atoms with Gasteiger partial charge in [0.15, 0.2) is 0 Å². The van der Waals surface area contributed by atoms with Crippen LogP contribution in [0.3, 0.4) is 0 Å². The summed E-state index contributed by atoms with van der Waals surface area (Å²) in [5.74, 6) is 1.53. The van der Waals surface area contributed by atoms with Crippen molar-refractivity contribution >= 4 is 28.7 Å². The van der Waals surface area contributed by atoms with E-state index in [1.807, 2.05) is 24.3 Å². The molecule has 0 saturated carbocycles. The van der Waals surface area contributed by atoms with Crippen LogP contribution in [0.1, 0.15) is 50.1 Å². The molecule has 1 aliphatic rings. The first-order valence-corrected chi connectivity index (χ1v) is 10.8. The zero-order chi connectivity index (χ0) is 18.2. The van der Waals surface area contributed by atoms with Crippen LogP contribution in [0.5, 0.6) is 0 Å². The highest BCUT2D eigenvalue weighted by Gasteiger charge is 2.13. The Morgan fingerprint density at radius 1 is 1.27 bits per heavy atom. The minimum absolute atomic E-state index is 0.119. The molecule has 6 heteroatoms. The number of aromatic nitrogens is 2. The van der Waals surface area contributed by atoms with Crippen molar-refractivity contribution in [3.05, 3.63) is 30.1 Å². The fraction of sp³-hybridized carbons (Fsp3) is 0.600. The van der Waals surface area contributed by atoms with Crippen LogP contribution in [-0.2, 0) is 4.79 Å². The maximum absolute atomic E-state index is 12.1. The Labute approximate surface area is 160 Å². The van der Waals surface area contributed by atoms with E-state index >= 15 is 0 Å². The minimum Gasteiger partial charge on any atom is -0.355 e. The number of nitrogens with zero attached hydrogens (tertiary/aromatic N) is 2. The summed E-state index contributed by atoms with van der Waals surface area (Å²) in [6.45, 7) is 6.41. The van der Waals surface area contributed by atoms with E-state index < -0.39 is 0 Å². The van der Waals surface area contributed by atoms with E-state index in [0.717, 1.165) is 36.4 Å². The highest BCUT2D eigenvalue weighted by atomic mass is 32.2. The topological polar surface area (TPSA) is 61.0 Å². The van der Waals surface area contributed by atoms with Gasteiger partial charge in [-0.25, -0.2) is 4.98 Å². The van der Waals surface area contributed by atoms with Crippen LogP contribution in [0.25, 0.3) is 11.0 Å². The van der Waals surface area contributed by atoms with Gasteiger partial charge in [-0.2, -0.15) is 0 Å². The highest BCUT2D eigenvalue weighted by molar-refractivity contribution is 8.00. The largest absolute Gasteiger partial charge is 0.355 e. The molecule has 2 N–H and O–H groups in total. The molecule has 2 heterocycles. The fourth-order valence-electron chi connectivity index (χ4n) is 3.39. The highest BCUT2D eigenvalue weighted by Crippen LogP contribution is 2.27. The third kappa shape index (κ3) is 5.74. The fourth-order valence-corrected chi connectivity index (χ4v) is 4.16. The number of imidazole rings is 1. The number of likely N-dealkylation sites (tertiary alicyclic amines) is 1. The normalized spacial score (nSPS) is 17.1. The molecule has 26 heavy (non-hydrogen) atoms. The molecule has 1 unspecified atom stereocenters. The molecule has 0 aliphatic carbocycles. The average molecular weight is 375 g/mol. The van der Waals surface area contributed by atoms with Gasteiger partial charge in [0.2, 0.25) is 5.91 Å². The van der Waals surface area contributed by atoms with Crippen LogP contribution in [0.2, 0.25) is 0 Å². The molecule has 5 nitrogen and oxygen atoms in total. The van der Waals surface area contributed by atoms with E-state index in [1.165, 1.54) is 38.8 Å². The Hall–Kier alpha value is -1.53. The lowest BCUT2D eigenvalue weighted by molar-refractivity contribution is -0.118. The summed E-state index contributed by atoms with van der Waals surface area (Å²) in [7, 11) is 0. The van der Waals surface area contributed by atoms with Crippen molar-refractivity contribution in [1.82, 2.24) is 20.2 Å². The smallest absolute Gasteiger partial charge is 0.230 e. The molecule has 1 aromatic carbocycles. The van der Waals surface area contributed by atoms with Gasteiger partial charge in [-0.1, -0.05) is 25.0 Å². The Bertz CT molecular complexity index is 661. The summed E-state index contributed by atoms with van der Waals surface area (Å²) in [5.41, 5.74) is 2.03. The molecule has 0 bridgehead atoms. The van der Waals surface area contributed by atoms with E-state index in [1.54, 1.807) is 11.8 Å². The van der Waals surface area contributed by atoms with Crippen LogP contribution >= 0.6 is 11.8 Å². The SMILES string of the molecule is CC(SCC(=O)NCCCN1CCCCCC1)c1nc2ccccc2[nH]1. The van der Waals surface area contributed by atoms with Crippen molar-refractivity contribution in [2.75, 3.05) is 31.9 Å². The van der Waals surface area contributed by atoms with Gasteiger partial charge in [0.25, 0.3) is 0 Å². The van der Waals surface area contributed by atoms with E-state index in [0.29, 0.717) is 5.75 Å². The number of thioether (sulfide) groups is 1. The van der Waals surface area contributed by atoms with Crippen molar-refractivity contribution in [2.45, 2.75) is 44.3 Å². The summed E-state index contributed by atoms with van der Waals surface area (Å²) in [5, 5.41) is 3.23. The Morgan fingerprint density at radius 3 is 2.81 bits per heavy atom. The number of aromatic amines is 1. The number of para-hydroxylation sites is 2. The molecular formula is C20H30N4OS. The number of amides is 1. The molecule has 3 rings (SSSR count). The first kappa shape index (κ1) is 19.2. The summed E-state index contributed by atoms with van der Waals surface area (Å²) in [4.78, 5) is 22.6. The number of rotatable bonds is 8. The number of H-pyrrole nitrogens is 1. The molecular weight excluding hydrogens is 344 g/mol. The van der Waals surface area contributed by atoms with Gasteiger partial charge in [0.05, 0.1) is 22.0 Å². The Balaban J connectivity index is 1.33.